The zero-order valence-corrected chi connectivity index (χ0v) is 16.2. The highest BCUT2D eigenvalue weighted by Crippen LogP contribution is 2.32. The smallest absolute Gasteiger partial charge is 0.312 e. The number of aryl methyl sites for hydroxylation is 1. The minimum Gasteiger partial charge on any atom is -0.312 e. The molecule has 0 radical (unpaired) electrons. The van der Waals surface area contributed by atoms with Gasteiger partial charge in [-0.15, -0.1) is 0 Å². The van der Waals surface area contributed by atoms with E-state index < -0.39 is 17.6 Å². The molecule has 1 amide bonds. The minimum absolute atomic E-state index is 0.0856. The first-order valence-corrected chi connectivity index (χ1v) is 9.23. The first-order valence-electron chi connectivity index (χ1n) is 8.86. The van der Waals surface area contributed by atoms with Crippen molar-refractivity contribution in [3.8, 4) is 5.69 Å². The number of hydrogen-bond donors (Lipinski definition) is 2. The fraction of sp³-hybridized carbons (Fsp3) is 0.200. The number of carbonyl (C=O) groups excluding carboxylic acids is 1. The van der Waals surface area contributed by atoms with Crippen molar-refractivity contribution < 1.29 is 18.0 Å². The van der Waals surface area contributed by atoms with Gasteiger partial charge in [-0.25, -0.2) is 4.98 Å². The molecule has 0 aliphatic heterocycles. The summed E-state index contributed by atoms with van der Waals surface area (Å²) in [4.78, 5) is 16.3. The van der Waals surface area contributed by atoms with E-state index in [-0.39, 0.29) is 10.8 Å². The lowest BCUT2D eigenvalue weighted by molar-refractivity contribution is -0.137. The van der Waals surface area contributed by atoms with Crippen molar-refractivity contribution in [2.45, 2.75) is 25.9 Å². The molecule has 0 bridgehead atoms. The van der Waals surface area contributed by atoms with Crippen molar-refractivity contribution in [2.24, 2.45) is 0 Å². The summed E-state index contributed by atoms with van der Waals surface area (Å²) in [6, 6.07) is 11.9. The summed E-state index contributed by atoms with van der Waals surface area (Å²) in [5, 5.41) is -0.260. The number of anilines is 1. The molecule has 0 atom stereocenters. The molecule has 3 rings (SSSR count). The minimum atomic E-state index is -4.55. The van der Waals surface area contributed by atoms with Crippen LogP contribution in [0.2, 0.25) is 5.02 Å². The van der Waals surface area contributed by atoms with Gasteiger partial charge in [0.05, 0.1) is 10.6 Å². The van der Waals surface area contributed by atoms with Gasteiger partial charge in [-0.05, 0) is 36.2 Å². The highest BCUT2D eigenvalue weighted by atomic mass is 35.5. The molecule has 0 saturated carbocycles. The predicted octanol–water partition coefficient (Wildman–Crippen LogP) is 5.25. The fourth-order valence-corrected chi connectivity index (χ4v) is 3.08. The van der Waals surface area contributed by atoms with Crippen LogP contribution in [0.1, 0.15) is 35.0 Å². The van der Waals surface area contributed by atoms with E-state index in [0.717, 1.165) is 30.2 Å². The van der Waals surface area contributed by atoms with E-state index in [9.17, 15) is 18.0 Å². The molecule has 152 valence electrons. The SMILES string of the molecule is CCCc1ccccc1-n1cccc1C(=O)NNc1ncc(C(F)(F)F)cc1Cl. The van der Waals surface area contributed by atoms with Crippen LogP contribution in [0.5, 0.6) is 0 Å². The number of nitrogens with one attached hydrogen (secondary N) is 2. The second-order valence-electron chi connectivity index (χ2n) is 6.27. The molecule has 3 aromatic rings. The fourth-order valence-electron chi connectivity index (χ4n) is 2.87. The Hall–Kier alpha value is -3.00. The van der Waals surface area contributed by atoms with Gasteiger partial charge in [0.15, 0.2) is 5.82 Å². The van der Waals surface area contributed by atoms with Gasteiger partial charge < -0.3 is 4.57 Å². The molecule has 2 aromatic heterocycles. The van der Waals surface area contributed by atoms with Crippen LogP contribution in [0.25, 0.3) is 5.69 Å². The third kappa shape index (κ3) is 4.71. The predicted molar refractivity (Wildman–Crippen MR) is 105 cm³/mol. The monoisotopic (exact) mass is 422 g/mol. The summed E-state index contributed by atoms with van der Waals surface area (Å²) in [6.45, 7) is 2.07. The van der Waals surface area contributed by atoms with Crippen LogP contribution in [-0.4, -0.2) is 15.5 Å². The Balaban J connectivity index is 1.78. The van der Waals surface area contributed by atoms with Crippen LogP contribution in [0.3, 0.4) is 0 Å². The third-order valence-corrected chi connectivity index (χ3v) is 4.50. The second kappa shape index (κ2) is 8.57. The Bertz CT molecular complexity index is 1020. The molecule has 0 spiro atoms. The van der Waals surface area contributed by atoms with Crippen molar-refractivity contribution >= 4 is 23.3 Å². The van der Waals surface area contributed by atoms with Crippen LogP contribution < -0.4 is 10.9 Å². The number of hydrogen-bond acceptors (Lipinski definition) is 3. The van der Waals surface area contributed by atoms with Crippen molar-refractivity contribution in [2.75, 3.05) is 5.43 Å². The summed E-state index contributed by atoms with van der Waals surface area (Å²) >= 11 is 5.84. The number of para-hydroxylation sites is 1. The number of nitrogens with zero attached hydrogens (tertiary/aromatic N) is 2. The van der Waals surface area contributed by atoms with E-state index in [0.29, 0.717) is 11.9 Å². The van der Waals surface area contributed by atoms with E-state index in [1.165, 1.54) is 0 Å². The van der Waals surface area contributed by atoms with Crippen molar-refractivity contribution in [1.82, 2.24) is 15.0 Å². The molecule has 9 heteroatoms. The summed E-state index contributed by atoms with van der Waals surface area (Å²) in [6.07, 6.45) is -0.319. The number of benzene rings is 1. The average molecular weight is 423 g/mol. The van der Waals surface area contributed by atoms with Crippen LogP contribution in [-0.2, 0) is 12.6 Å². The summed E-state index contributed by atoms with van der Waals surface area (Å²) in [5.74, 6) is -0.573. The zero-order valence-electron chi connectivity index (χ0n) is 15.4. The Labute approximate surface area is 170 Å². The van der Waals surface area contributed by atoms with Crippen molar-refractivity contribution in [3.63, 3.8) is 0 Å². The third-order valence-electron chi connectivity index (χ3n) is 4.21. The van der Waals surface area contributed by atoms with Gasteiger partial charge in [0.25, 0.3) is 5.91 Å². The van der Waals surface area contributed by atoms with E-state index in [2.05, 4.69) is 22.8 Å². The first-order chi connectivity index (χ1) is 13.8. The molecule has 29 heavy (non-hydrogen) atoms. The topological polar surface area (TPSA) is 59.0 Å². The Morgan fingerprint density at radius 2 is 1.97 bits per heavy atom. The number of rotatable bonds is 6. The maximum Gasteiger partial charge on any atom is 0.417 e. The number of hydrazine groups is 1. The molecule has 5 nitrogen and oxygen atoms in total. The number of alkyl halides is 3. The van der Waals surface area contributed by atoms with Crippen LogP contribution in [0.15, 0.2) is 54.9 Å². The highest BCUT2D eigenvalue weighted by Gasteiger charge is 2.31. The Kier molecular flexibility index (Phi) is 6.12. The first kappa shape index (κ1) is 20.7. The summed E-state index contributed by atoms with van der Waals surface area (Å²) in [5.41, 5.74) is 6.26. The number of aromatic nitrogens is 2. The lowest BCUT2D eigenvalue weighted by Gasteiger charge is -2.15. The average Bonchev–Trinajstić information content (AvgIpc) is 3.16. The van der Waals surface area contributed by atoms with Gasteiger partial charge in [0, 0.05) is 18.1 Å². The van der Waals surface area contributed by atoms with E-state index in [1.807, 2.05) is 24.3 Å². The van der Waals surface area contributed by atoms with Gasteiger partial charge in [-0.3, -0.25) is 15.6 Å². The molecule has 2 heterocycles. The maximum absolute atomic E-state index is 12.7. The number of pyridine rings is 1. The normalized spacial score (nSPS) is 11.3. The van der Waals surface area contributed by atoms with Crippen molar-refractivity contribution in [3.05, 3.63) is 76.7 Å². The van der Waals surface area contributed by atoms with Gasteiger partial charge in [0.1, 0.15) is 5.69 Å². The van der Waals surface area contributed by atoms with E-state index >= 15 is 0 Å². The van der Waals surface area contributed by atoms with Gasteiger partial charge in [0.2, 0.25) is 0 Å². The molecule has 1 aromatic carbocycles. The van der Waals surface area contributed by atoms with Crippen LogP contribution in [0.4, 0.5) is 19.0 Å². The maximum atomic E-state index is 12.7. The van der Waals surface area contributed by atoms with Crippen LogP contribution >= 0.6 is 11.6 Å². The lowest BCUT2D eigenvalue weighted by Crippen LogP contribution is -2.31. The summed E-state index contributed by atoms with van der Waals surface area (Å²) in [7, 11) is 0. The lowest BCUT2D eigenvalue weighted by atomic mass is 10.1. The molecular weight excluding hydrogens is 405 g/mol. The van der Waals surface area contributed by atoms with Crippen molar-refractivity contribution in [1.29, 1.82) is 0 Å². The molecule has 0 aliphatic carbocycles. The molecule has 0 saturated heterocycles. The van der Waals surface area contributed by atoms with E-state index in [4.69, 9.17) is 11.6 Å². The Morgan fingerprint density at radius 3 is 2.66 bits per heavy atom. The molecule has 0 unspecified atom stereocenters. The second-order valence-corrected chi connectivity index (χ2v) is 6.68. The molecule has 0 aliphatic rings. The van der Waals surface area contributed by atoms with E-state index in [1.54, 1.807) is 22.9 Å². The zero-order chi connectivity index (χ0) is 21.0. The molecule has 0 fully saturated rings. The number of amides is 1. The quantitative estimate of drug-likeness (QED) is 0.533. The van der Waals surface area contributed by atoms with Gasteiger partial charge >= 0.3 is 6.18 Å². The largest absolute Gasteiger partial charge is 0.417 e. The standard InChI is InChI=1S/C20H18ClF3N4O/c1-2-6-13-7-3-4-8-16(13)28-10-5-9-17(28)19(29)27-26-18-15(21)11-14(12-25-18)20(22,23)24/h3-5,7-12H,2,6H2,1H3,(H,25,26)(H,27,29). The van der Waals surface area contributed by atoms with Crippen LogP contribution in [0, 0.1) is 0 Å². The molecule has 2 N–H and O–H groups in total. The highest BCUT2D eigenvalue weighted by molar-refractivity contribution is 6.33. The Morgan fingerprint density at radius 1 is 1.21 bits per heavy atom. The number of halogens is 4. The summed E-state index contributed by atoms with van der Waals surface area (Å²) < 4.78 is 39.9. The van der Waals surface area contributed by atoms with Gasteiger partial charge in [-0.2, -0.15) is 13.2 Å². The molecular formula is C20H18ClF3N4O. The van der Waals surface area contributed by atoms with Gasteiger partial charge in [-0.1, -0.05) is 43.1 Å². The number of carbonyl (C=O) groups is 1.